The monoisotopic (exact) mass is 214 g/mol. The minimum Gasteiger partial charge on any atom is -0.382 e. The van der Waals surface area contributed by atoms with Crippen LogP contribution in [0.3, 0.4) is 0 Å². The van der Waals surface area contributed by atoms with Gasteiger partial charge in [-0.25, -0.2) is 0 Å². The average Bonchev–Trinajstić information content (AvgIpc) is 2.08. The van der Waals surface area contributed by atoms with Crippen molar-refractivity contribution >= 4 is 10.1 Å². The molecule has 0 bridgehead atoms. The first-order valence-electron chi connectivity index (χ1n) is 4.42. The summed E-state index contributed by atoms with van der Waals surface area (Å²) >= 11 is 0. The van der Waals surface area contributed by atoms with Gasteiger partial charge in [0, 0.05) is 0 Å². The van der Waals surface area contributed by atoms with E-state index in [2.05, 4.69) is 0 Å². The summed E-state index contributed by atoms with van der Waals surface area (Å²) in [6.45, 7) is 5.10. The first-order valence-corrected chi connectivity index (χ1v) is 5.89. The lowest BCUT2D eigenvalue weighted by Gasteiger charge is -2.09. The lowest BCUT2D eigenvalue weighted by atomic mass is 10.2. The van der Waals surface area contributed by atoms with E-state index < -0.39 is 15.4 Å². The van der Waals surface area contributed by atoms with E-state index in [1.807, 2.05) is 19.1 Å². The quantitative estimate of drug-likeness (QED) is 0.724. The van der Waals surface area contributed by atoms with E-state index in [-0.39, 0.29) is 0 Å². The molecule has 0 spiro atoms. The van der Waals surface area contributed by atoms with E-state index in [9.17, 15) is 8.42 Å². The Morgan fingerprint density at radius 2 is 1.64 bits per heavy atom. The molecular formula is C10H14O3S. The summed E-state index contributed by atoms with van der Waals surface area (Å²) in [5.74, 6) is 0.365. The lowest BCUT2D eigenvalue weighted by Crippen LogP contribution is -2.19. The second-order valence-electron chi connectivity index (χ2n) is 3.44. The van der Waals surface area contributed by atoms with E-state index >= 15 is 0 Å². The van der Waals surface area contributed by atoms with Crippen LogP contribution in [-0.4, -0.2) is 13.7 Å². The van der Waals surface area contributed by atoms with Crippen LogP contribution in [0.4, 0.5) is 0 Å². The minimum absolute atomic E-state index is 0.365. The Kier molecular flexibility index (Phi) is 3.16. The third-order valence-corrected chi connectivity index (χ3v) is 3.39. The van der Waals surface area contributed by atoms with Gasteiger partial charge in [-0.1, -0.05) is 17.7 Å². The first kappa shape index (κ1) is 11.0. The molecule has 0 atom stereocenters. The smallest absolute Gasteiger partial charge is 0.311 e. The van der Waals surface area contributed by atoms with E-state index in [0.717, 1.165) is 5.56 Å². The highest BCUT2D eigenvalue weighted by atomic mass is 32.2. The molecule has 0 aliphatic heterocycles. The molecule has 0 unspecified atom stereocenters. The second kappa shape index (κ2) is 4.00. The van der Waals surface area contributed by atoms with Gasteiger partial charge in [-0.15, -0.1) is 0 Å². The van der Waals surface area contributed by atoms with E-state index in [1.54, 1.807) is 26.0 Å². The zero-order chi connectivity index (χ0) is 10.8. The Labute approximate surface area is 84.8 Å². The second-order valence-corrected chi connectivity index (χ2v) is 5.53. The fourth-order valence-electron chi connectivity index (χ4n) is 0.824. The van der Waals surface area contributed by atoms with E-state index in [1.165, 1.54) is 0 Å². The molecule has 0 saturated heterocycles. The number of benzene rings is 1. The molecule has 0 amide bonds. The van der Waals surface area contributed by atoms with Crippen molar-refractivity contribution in [3.63, 3.8) is 0 Å². The van der Waals surface area contributed by atoms with Crippen LogP contribution in [0, 0.1) is 6.92 Å². The van der Waals surface area contributed by atoms with Gasteiger partial charge in [-0.05, 0) is 32.9 Å². The first-order chi connectivity index (χ1) is 6.42. The molecule has 3 nitrogen and oxygen atoms in total. The summed E-state index contributed by atoms with van der Waals surface area (Å²) in [6, 6.07) is 6.92. The summed E-state index contributed by atoms with van der Waals surface area (Å²) in [4.78, 5) is 0. The highest BCUT2D eigenvalue weighted by molar-refractivity contribution is 7.87. The van der Waals surface area contributed by atoms with E-state index in [4.69, 9.17) is 4.18 Å². The highest BCUT2D eigenvalue weighted by Gasteiger charge is 2.17. The highest BCUT2D eigenvalue weighted by Crippen LogP contribution is 2.15. The van der Waals surface area contributed by atoms with Crippen molar-refractivity contribution in [3.05, 3.63) is 29.8 Å². The maximum absolute atomic E-state index is 11.4. The molecule has 0 N–H and O–H groups in total. The SMILES string of the molecule is Cc1ccc(OS(=O)(=O)C(C)C)cc1. The molecule has 4 heteroatoms. The molecule has 0 aliphatic carbocycles. The van der Waals surface area contributed by atoms with Crippen molar-refractivity contribution in [1.82, 2.24) is 0 Å². The zero-order valence-electron chi connectivity index (χ0n) is 8.52. The normalized spacial score (nSPS) is 11.7. The Bertz CT molecular complexity index is 390. The van der Waals surface area contributed by atoms with Crippen molar-refractivity contribution in [2.24, 2.45) is 0 Å². The van der Waals surface area contributed by atoms with Crippen LogP contribution in [0.25, 0.3) is 0 Å². The van der Waals surface area contributed by atoms with Gasteiger partial charge in [-0.2, -0.15) is 8.42 Å². The molecule has 0 aliphatic rings. The van der Waals surface area contributed by atoms with Crippen molar-refractivity contribution in [2.75, 3.05) is 0 Å². The van der Waals surface area contributed by atoms with Crippen molar-refractivity contribution in [3.8, 4) is 5.75 Å². The van der Waals surface area contributed by atoms with Crippen LogP contribution in [0.5, 0.6) is 5.75 Å². The van der Waals surface area contributed by atoms with Crippen LogP contribution < -0.4 is 4.18 Å². The van der Waals surface area contributed by atoms with Crippen LogP contribution in [0.15, 0.2) is 24.3 Å². The number of aryl methyl sites for hydroxylation is 1. The molecule has 0 saturated carbocycles. The van der Waals surface area contributed by atoms with Crippen molar-refractivity contribution in [2.45, 2.75) is 26.0 Å². The molecular weight excluding hydrogens is 200 g/mol. The summed E-state index contributed by atoms with van der Waals surface area (Å²) in [6.07, 6.45) is 0. The molecule has 1 rings (SSSR count). The van der Waals surface area contributed by atoms with Crippen LogP contribution >= 0.6 is 0 Å². The number of hydrogen-bond donors (Lipinski definition) is 0. The fraction of sp³-hybridized carbons (Fsp3) is 0.400. The molecule has 1 aromatic rings. The Morgan fingerprint density at radius 3 is 2.07 bits per heavy atom. The van der Waals surface area contributed by atoms with Crippen LogP contribution in [0.1, 0.15) is 19.4 Å². The van der Waals surface area contributed by atoms with Crippen LogP contribution in [0.2, 0.25) is 0 Å². The molecule has 0 fully saturated rings. The van der Waals surface area contributed by atoms with Gasteiger partial charge in [0.25, 0.3) is 0 Å². The summed E-state index contributed by atoms with van der Waals surface area (Å²) in [5.41, 5.74) is 1.07. The summed E-state index contributed by atoms with van der Waals surface area (Å²) in [7, 11) is -3.46. The van der Waals surface area contributed by atoms with Gasteiger partial charge in [0.05, 0.1) is 5.25 Å². The zero-order valence-corrected chi connectivity index (χ0v) is 9.34. The largest absolute Gasteiger partial charge is 0.382 e. The van der Waals surface area contributed by atoms with Gasteiger partial charge >= 0.3 is 10.1 Å². The molecule has 14 heavy (non-hydrogen) atoms. The van der Waals surface area contributed by atoms with Gasteiger partial charge in [0.15, 0.2) is 0 Å². The van der Waals surface area contributed by atoms with Gasteiger partial charge in [-0.3, -0.25) is 0 Å². The van der Waals surface area contributed by atoms with Crippen molar-refractivity contribution < 1.29 is 12.6 Å². The molecule has 1 aromatic carbocycles. The summed E-state index contributed by atoms with van der Waals surface area (Å²) < 4.78 is 27.6. The third kappa shape index (κ3) is 2.73. The Morgan fingerprint density at radius 1 is 1.14 bits per heavy atom. The molecule has 0 radical (unpaired) electrons. The summed E-state index contributed by atoms with van der Waals surface area (Å²) in [5, 5.41) is -0.524. The van der Waals surface area contributed by atoms with Gasteiger partial charge in [0.2, 0.25) is 0 Å². The third-order valence-electron chi connectivity index (χ3n) is 1.81. The van der Waals surface area contributed by atoms with Gasteiger partial charge < -0.3 is 4.18 Å². The predicted octanol–water partition coefficient (Wildman–Crippen LogP) is 2.11. The molecule has 0 heterocycles. The molecule has 0 aromatic heterocycles. The Hall–Kier alpha value is -1.03. The maximum atomic E-state index is 11.4. The van der Waals surface area contributed by atoms with Crippen molar-refractivity contribution in [1.29, 1.82) is 0 Å². The molecule has 78 valence electrons. The maximum Gasteiger partial charge on any atom is 0.311 e. The Balaban J connectivity index is 2.85. The minimum atomic E-state index is -3.46. The van der Waals surface area contributed by atoms with Crippen LogP contribution in [-0.2, 0) is 10.1 Å². The number of hydrogen-bond acceptors (Lipinski definition) is 3. The number of rotatable bonds is 3. The van der Waals surface area contributed by atoms with E-state index in [0.29, 0.717) is 5.75 Å². The van der Waals surface area contributed by atoms with Gasteiger partial charge in [0.1, 0.15) is 5.75 Å². The predicted molar refractivity (Wildman–Crippen MR) is 55.9 cm³/mol. The lowest BCUT2D eigenvalue weighted by molar-refractivity contribution is 0.477. The fourth-order valence-corrected chi connectivity index (χ4v) is 1.40. The average molecular weight is 214 g/mol. The topological polar surface area (TPSA) is 43.4 Å². The standard InChI is InChI=1S/C10H14O3S/c1-8(2)14(11,12)13-10-6-4-9(3)5-7-10/h4-8H,1-3H3.